The molecule has 1 aliphatic rings. The average Bonchev–Trinajstić information content (AvgIpc) is 3.12. The van der Waals surface area contributed by atoms with Gasteiger partial charge in [-0.1, -0.05) is 12.1 Å². The zero-order valence-corrected chi connectivity index (χ0v) is 15.5. The van der Waals surface area contributed by atoms with Crippen LogP contribution in [-0.2, 0) is 17.3 Å². The predicted molar refractivity (Wildman–Crippen MR) is 97.9 cm³/mol. The third-order valence-electron chi connectivity index (χ3n) is 4.49. The van der Waals surface area contributed by atoms with E-state index >= 15 is 0 Å². The summed E-state index contributed by atoms with van der Waals surface area (Å²) in [6.07, 6.45) is 5.77. The summed E-state index contributed by atoms with van der Waals surface area (Å²) in [5.41, 5.74) is 1.47. The summed E-state index contributed by atoms with van der Waals surface area (Å²) in [5.74, 6) is -0.0920. The second-order valence-electron chi connectivity index (χ2n) is 6.44. The molecule has 1 aliphatic heterocycles. The van der Waals surface area contributed by atoms with Crippen LogP contribution in [0.2, 0.25) is 0 Å². The summed E-state index contributed by atoms with van der Waals surface area (Å²) in [4.78, 5) is 15.1. The number of hydrogen-bond donors (Lipinski definition) is 1. The van der Waals surface area contributed by atoms with Crippen LogP contribution < -0.4 is 5.32 Å². The maximum atomic E-state index is 12.6. The molecule has 1 N–H and O–H groups in total. The number of nitrogens with zero attached hydrogens (tertiary/aromatic N) is 3. The molecule has 1 fully saturated rings. The second-order valence-corrected chi connectivity index (χ2v) is 7.82. The minimum Gasteiger partial charge on any atom is -0.336 e. The molecule has 2 atom stereocenters. The van der Waals surface area contributed by atoms with Crippen LogP contribution in [0.5, 0.6) is 0 Å². The largest absolute Gasteiger partial charge is 0.336 e. The number of carbonyl (C=O) groups is 1. The molecule has 7 heteroatoms. The summed E-state index contributed by atoms with van der Waals surface area (Å²) in [6.45, 7) is 2.44. The first kappa shape index (κ1) is 17.8. The summed E-state index contributed by atoms with van der Waals surface area (Å²) >= 11 is 0. The molecule has 2 unspecified atom stereocenters. The van der Waals surface area contributed by atoms with E-state index in [0.717, 1.165) is 36.4 Å². The number of hydrogen-bond acceptors (Lipinski definition) is 4. The predicted octanol–water partition coefficient (Wildman–Crippen LogP) is 1.82. The Kier molecular flexibility index (Phi) is 5.65. The Morgan fingerprint density at radius 2 is 2.12 bits per heavy atom. The van der Waals surface area contributed by atoms with Crippen molar-refractivity contribution in [2.24, 2.45) is 0 Å². The van der Waals surface area contributed by atoms with Gasteiger partial charge in [0.05, 0.1) is 6.04 Å². The molecule has 1 aromatic carbocycles. The lowest BCUT2D eigenvalue weighted by atomic mass is 10.1. The SMILES string of the molecule is CN(Cc1ccc(S(C)=O)cc1)C(=O)c1ccn(C2CCCNC2)n1. The molecule has 3 rings (SSSR count). The van der Waals surface area contributed by atoms with Gasteiger partial charge in [-0.2, -0.15) is 5.10 Å². The second kappa shape index (κ2) is 7.93. The fourth-order valence-electron chi connectivity index (χ4n) is 3.04. The Labute approximate surface area is 150 Å². The molecule has 1 aromatic heterocycles. The summed E-state index contributed by atoms with van der Waals surface area (Å²) in [7, 11) is 0.786. The Hall–Kier alpha value is -1.99. The third-order valence-corrected chi connectivity index (χ3v) is 5.43. The Balaban J connectivity index is 1.63. The summed E-state index contributed by atoms with van der Waals surface area (Å²) < 4.78 is 13.3. The van der Waals surface area contributed by atoms with E-state index in [1.807, 2.05) is 35.1 Å². The van der Waals surface area contributed by atoms with Crippen LogP contribution in [0.15, 0.2) is 41.4 Å². The van der Waals surface area contributed by atoms with Crippen LogP contribution in [0, 0.1) is 0 Å². The number of rotatable bonds is 5. The molecule has 0 aliphatic carbocycles. The van der Waals surface area contributed by atoms with Crippen molar-refractivity contribution >= 4 is 16.7 Å². The van der Waals surface area contributed by atoms with Gasteiger partial charge >= 0.3 is 0 Å². The molecular formula is C18H24N4O2S. The van der Waals surface area contributed by atoms with E-state index in [4.69, 9.17) is 0 Å². The van der Waals surface area contributed by atoms with Gasteiger partial charge in [0.1, 0.15) is 5.69 Å². The highest BCUT2D eigenvalue weighted by atomic mass is 32.2. The first-order chi connectivity index (χ1) is 12.0. The lowest BCUT2D eigenvalue weighted by molar-refractivity contribution is 0.0777. The van der Waals surface area contributed by atoms with Crippen molar-refractivity contribution in [3.63, 3.8) is 0 Å². The Morgan fingerprint density at radius 3 is 2.76 bits per heavy atom. The third kappa shape index (κ3) is 4.35. The number of aromatic nitrogens is 2. The van der Waals surface area contributed by atoms with Gasteiger partial charge in [-0.15, -0.1) is 0 Å². The standard InChI is InChI=1S/C18H24N4O2S/c1-21(13-14-5-7-16(8-6-14)25(2)24)18(23)17-9-11-22(20-17)15-4-3-10-19-12-15/h5-9,11,15,19H,3-4,10,12-13H2,1-2H3. The molecular weight excluding hydrogens is 336 g/mol. The van der Waals surface area contributed by atoms with Gasteiger partial charge in [0.2, 0.25) is 0 Å². The molecule has 0 spiro atoms. The zero-order chi connectivity index (χ0) is 17.8. The maximum Gasteiger partial charge on any atom is 0.274 e. The number of benzene rings is 1. The molecule has 0 bridgehead atoms. The van der Waals surface area contributed by atoms with E-state index in [9.17, 15) is 9.00 Å². The van der Waals surface area contributed by atoms with Crippen molar-refractivity contribution < 1.29 is 9.00 Å². The van der Waals surface area contributed by atoms with Crippen LogP contribution in [0.1, 0.15) is 34.9 Å². The van der Waals surface area contributed by atoms with Gasteiger partial charge in [0.15, 0.2) is 0 Å². The van der Waals surface area contributed by atoms with Crippen molar-refractivity contribution in [2.75, 3.05) is 26.4 Å². The molecule has 2 heterocycles. The van der Waals surface area contributed by atoms with Crippen LogP contribution >= 0.6 is 0 Å². The van der Waals surface area contributed by atoms with E-state index in [0.29, 0.717) is 18.3 Å². The first-order valence-corrected chi connectivity index (χ1v) is 10.0. The minimum absolute atomic E-state index is 0.0920. The Bertz CT molecular complexity index is 751. The monoisotopic (exact) mass is 360 g/mol. The van der Waals surface area contributed by atoms with Crippen LogP contribution in [0.25, 0.3) is 0 Å². The minimum atomic E-state index is -0.987. The van der Waals surface area contributed by atoms with Gasteiger partial charge in [0.25, 0.3) is 5.91 Å². The normalized spacial score (nSPS) is 18.7. The van der Waals surface area contributed by atoms with E-state index in [2.05, 4.69) is 10.4 Å². The lowest BCUT2D eigenvalue weighted by Gasteiger charge is -2.23. The molecule has 1 amide bonds. The van der Waals surface area contributed by atoms with Crippen molar-refractivity contribution in [1.29, 1.82) is 0 Å². The lowest BCUT2D eigenvalue weighted by Crippen LogP contribution is -2.32. The number of nitrogens with one attached hydrogen (secondary N) is 1. The fourth-order valence-corrected chi connectivity index (χ4v) is 3.56. The molecule has 1 saturated heterocycles. The van der Waals surface area contributed by atoms with Crippen molar-refractivity contribution in [3.05, 3.63) is 47.8 Å². The van der Waals surface area contributed by atoms with Crippen molar-refractivity contribution in [1.82, 2.24) is 20.0 Å². The first-order valence-electron chi connectivity index (χ1n) is 8.48. The highest BCUT2D eigenvalue weighted by Gasteiger charge is 2.19. The fraction of sp³-hybridized carbons (Fsp3) is 0.444. The van der Waals surface area contributed by atoms with Gasteiger partial charge < -0.3 is 10.2 Å². The van der Waals surface area contributed by atoms with Crippen LogP contribution in [0.3, 0.4) is 0 Å². The smallest absolute Gasteiger partial charge is 0.274 e. The highest BCUT2D eigenvalue weighted by molar-refractivity contribution is 7.84. The zero-order valence-electron chi connectivity index (χ0n) is 14.6. The Morgan fingerprint density at radius 1 is 1.36 bits per heavy atom. The van der Waals surface area contributed by atoms with Crippen molar-refractivity contribution in [3.8, 4) is 0 Å². The molecule has 0 radical (unpaired) electrons. The number of amides is 1. The van der Waals surface area contributed by atoms with E-state index in [-0.39, 0.29) is 5.91 Å². The average molecular weight is 360 g/mol. The van der Waals surface area contributed by atoms with Gasteiger partial charge in [-0.05, 0) is 43.1 Å². The number of piperidine rings is 1. The molecule has 0 saturated carbocycles. The maximum absolute atomic E-state index is 12.6. The molecule has 2 aromatic rings. The highest BCUT2D eigenvalue weighted by Crippen LogP contribution is 2.16. The molecule has 6 nitrogen and oxygen atoms in total. The topological polar surface area (TPSA) is 67.2 Å². The molecule has 134 valence electrons. The summed E-state index contributed by atoms with van der Waals surface area (Å²) in [5, 5.41) is 7.84. The van der Waals surface area contributed by atoms with Crippen molar-refractivity contribution in [2.45, 2.75) is 30.3 Å². The molecule has 25 heavy (non-hydrogen) atoms. The number of carbonyl (C=O) groups excluding carboxylic acids is 1. The van der Waals surface area contributed by atoms with Gasteiger partial charge in [0, 0.05) is 48.3 Å². The van der Waals surface area contributed by atoms with E-state index in [1.165, 1.54) is 0 Å². The quantitative estimate of drug-likeness (QED) is 0.883. The van der Waals surface area contributed by atoms with E-state index in [1.54, 1.807) is 24.3 Å². The van der Waals surface area contributed by atoms with Gasteiger partial charge in [-0.3, -0.25) is 13.7 Å². The van der Waals surface area contributed by atoms with Crippen LogP contribution in [-0.4, -0.2) is 51.2 Å². The van der Waals surface area contributed by atoms with E-state index < -0.39 is 10.8 Å². The van der Waals surface area contributed by atoms with Gasteiger partial charge in [-0.25, -0.2) is 0 Å². The van der Waals surface area contributed by atoms with Crippen LogP contribution in [0.4, 0.5) is 0 Å². The summed E-state index contributed by atoms with van der Waals surface area (Å²) in [6, 6.07) is 9.61.